The molecule has 1 aliphatic carbocycles. The first-order valence-electron chi connectivity index (χ1n) is 9.25. The van der Waals surface area contributed by atoms with Gasteiger partial charge >= 0.3 is 6.09 Å². The zero-order chi connectivity index (χ0) is 18.5. The SMILES string of the molecule is Cc1cc(C)c(C(C)NC2C3CN(C(=O)OC(C)(C)C)CC32)c(C)n1. The molecule has 25 heavy (non-hydrogen) atoms. The molecule has 5 heteroatoms. The van der Waals surface area contributed by atoms with E-state index in [-0.39, 0.29) is 12.1 Å². The molecule has 2 fully saturated rings. The zero-order valence-electron chi connectivity index (χ0n) is 16.5. The highest BCUT2D eigenvalue weighted by molar-refractivity contribution is 5.69. The Morgan fingerprint density at radius 3 is 2.40 bits per heavy atom. The Morgan fingerprint density at radius 1 is 1.28 bits per heavy atom. The van der Waals surface area contributed by atoms with E-state index in [2.05, 4.69) is 37.1 Å². The molecule has 0 spiro atoms. The summed E-state index contributed by atoms with van der Waals surface area (Å²) in [5, 5.41) is 3.76. The number of aryl methyl sites for hydroxylation is 3. The minimum atomic E-state index is -0.427. The molecule has 0 radical (unpaired) electrons. The van der Waals surface area contributed by atoms with E-state index in [9.17, 15) is 4.79 Å². The fourth-order valence-corrected chi connectivity index (χ4v) is 4.31. The maximum Gasteiger partial charge on any atom is 0.410 e. The van der Waals surface area contributed by atoms with Gasteiger partial charge in [-0.15, -0.1) is 0 Å². The first kappa shape index (κ1) is 18.2. The number of carbonyl (C=O) groups is 1. The number of ether oxygens (including phenoxy) is 1. The van der Waals surface area contributed by atoms with E-state index in [0.29, 0.717) is 17.9 Å². The van der Waals surface area contributed by atoms with Crippen LogP contribution in [0.3, 0.4) is 0 Å². The molecule has 3 atom stereocenters. The van der Waals surface area contributed by atoms with Crippen LogP contribution >= 0.6 is 0 Å². The average Bonchev–Trinajstić information content (AvgIpc) is 2.89. The average molecular weight is 345 g/mol. The summed E-state index contributed by atoms with van der Waals surface area (Å²) in [6.45, 7) is 15.8. The molecule has 138 valence electrons. The molecule has 1 aromatic heterocycles. The van der Waals surface area contributed by atoms with Crippen LogP contribution < -0.4 is 5.32 Å². The molecule has 0 bridgehead atoms. The van der Waals surface area contributed by atoms with Gasteiger partial charge < -0.3 is 15.0 Å². The number of aromatic nitrogens is 1. The maximum atomic E-state index is 12.2. The molecule has 1 amide bonds. The lowest BCUT2D eigenvalue weighted by molar-refractivity contribution is 0.0269. The number of likely N-dealkylation sites (tertiary alicyclic amines) is 1. The fourth-order valence-electron chi connectivity index (χ4n) is 4.31. The van der Waals surface area contributed by atoms with Gasteiger partial charge in [-0.25, -0.2) is 4.79 Å². The number of rotatable bonds is 3. The van der Waals surface area contributed by atoms with Crippen LogP contribution in [0.25, 0.3) is 0 Å². The third-order valence-electron chi connectivity index (χ3n) is 5.31. The lowest BCUT2D eigenvalue weighted by Gasteiger charge is -2.26. The summed E-state index contributed by atoms with van der Waals surface area (Å²) in [5.41, 5.74) is 4.36. The Kier molecular flexibility index (Phi) is 4.56. The summed E-state index contributed by atoms with van der Waals surface area (Å²) in [6.07, 6.45) is -0.180. The molecule has 3 rings (SSSR count). The monoisotopic (exact) mass is 345 g/mol. The number of pyridine rings is 1. The van der Waals surface area contributed by atoms with E-state index in [0.717, 1.165) is 24.5 Å². The maximum absolute atomic E-state index is 12.2. The van der Waals surface area contributed by atoms with Crippen LogP contribution in [0.15, 0.2) is 6.07 Å². The fraction of sp³-hybridized carbons (Fsp3) is 0.700. The van der Waals surface area contributed by atoms with Gasteiger partial charge in [0.25, 0.3) is 0 Å². The van der Waals surface area contributed by atoms with Crippen molar-refractivity contribution in [2.45, 2.75) is 66.2 Å². The number of nitrogens with zero attached hydrogens (tertiary/aromatic N) is 2. The van der Waals surface area contributed by atoms with Crippen LogP contribution in [0.1, 0.15) is 56.3 Å². The predicted molar refractivity (Wildman–Crippen MR) is 98.6 cm³/mol. The number of hydrogen-bond donors (Lipinski definition) is 1. The van der Waals surface area contributed by atoms with Crippen LogP contribution in [0, 0.1) is 32.6 Å². The smallest absolute Gasteiger partial charge is 0.410 e. The summed E-state index contributed by atoms with van der Waals surface area (Å²) >= 11 is 0. The van der Waals surface area contributed by atoms with E-state index in [4.69, 9.17) is 4.74 Å². The second-order valence-electron chi connectivity index (χ2n) is 8.71. The Hall–Kier alpha value is -1.62. The van der Waals surface area contributed by atoms with E-state index in [1.165, 1.54) is 11.1 Å². The quantitative estimate of drug-likeness (QED) is 0.911. The molecule has 2 heterocycles. The molecule has 0 aromatic carbocycles. The molecule has 1 saturated carbocycles. The van der Waals surface area contributed by atoms with Gasteiger partial charge in [-0.2, -0.15) is 0 Å². The van der Waals surface area contributed by atoms with E-state index in [1.54, 1.807) is 0 Å². The second kappa shape index (κ2) is 6.27. The van der Waals surface area contributed by atoms with Crippen molar-refractivity contribution in [1.29, 1.82) is 0 Å². The van der Waals surface area contributed by atoms with Gasteiger partial charge in [-0.1, -0.05) is 0 Å². The van der Waals surface area contributed by atoms with Gasteiger partial charge in [0.2, 0.25) is 0 Å². The Labute approximate surface area is 151 Å². The summed E-state index contributed by atoms with van der Waals surface area (Å²) in [5.74, 6) is 1.10. The largest absolute Gasteiger partial charge is 0.444 e. The van der Waals surface area contributed by atoms with Crippen LogP contribution in [0.4, 0.5) is 4.79 Å². The number of fused-ring (bicyclic) bond motifs is 1. The number of nitrogens with one attached hydrogen (secondary N) is 1. The summed E-state index contributed by atoms with van der Waals surface area (Å²) < 4.78 is 5.48. The standard InChI is InChI=1S/C20H31N3O2/c1-11-8-12(2)21-13(3)17(11)14(4)22-18-15-9-23(10-16(15)18)19(24)25-20(5,6)7/h8,14-16,18,22H,9-10H2,1-7H3. The minimum absolute atomic E-state index is 0.180. The van der Waals surface area contributed by atoms with Crippen molar-refractivity contribution in [3.63, 3.8) is 0 Å². The Bertz CT molecular complexity index is 645. The van der Waals surface area contributed by atoms with Gasteiger partial charge in [-0.05, 0) is 77.5 Å². The van der Waals surface area contributed by atoms with Crippen molar-refractivity contribution in [1.82, 2.24) is 15.2 Å². The Balaban J connectivity index is 1.56. The second-order valence-corrected chi connectivity index (χ2v) is 8.71. The van der Waals surface area contributed by atoms with Crippen molar-refractivity contribution in [2.24, 2.45) is 11.8 Å². The van der Waals surface area contributed by atoms with Gasteiger partial charge in [0.1, 0.15) is 5.60 Å². The molecule has 3 unspecified atom stereocenters. The van der Waals surface area contributed by atoms with Crippen molar-refractivity contribution < 1.29 is 9.53 Å². The molecule has 1 N–H and O–H groups in total. The van der Waals surface area contributed by atoms with Crippen LogP contribution in [0.2, 0.25) is 0 Å². The predicted octanol–water partition coefficient (Wildman–Crippen LogP) is 3.52. The highest BCUT2D eigenvalue weighted by atomic mass is 16.6. The third kappa shape index (κ3) is 3.81. The minimum Gasteiger partial charge on any atom is -0.444 e. The highest BCUT2D eigenvalue weighted by Crippen LogP contribution is 2.47. The number of carbonyl (C=O) groups excluding carboxylic acids is 1. The summed E-state index contributed by atoms with van der Waals surface area (Å²) in [7, 11) is 0. The normalized spacial score (nSPS) is 26.4. The van der Waals surface area contributed by atoms with E-state index in [1.807, 2.05) is 32.6 Å². The Morgan fingerprint density at radius 2 is 1.88 bits per heavy atom. The molecule has 1 aromatic rings. The molecule has 5 nitrogen and oxygen atoms in total. The molecule has 2 aliphatic rings. The number of amides is 1. The lowest BCUT2D eigenvalue weighted by Crippen LogP contribution is -2.39. The van der Waals surface area contributed by atoms with Gasteiger partial charge in [0, 0.05) is 36.6 Å². The van der Waals surface area contributed by atoms with Crippen LogP contribution in [-0.4, -0.2) is 40.7 Å². The highest BCUT2D eigenvalue weighted by Gasteiger charge is 2.57. The van der Waals surface area contributed by atoms with Crippen molar-refractivity contribution in [2.75, 3.05) is 13.1 Å². The van der Waals surface area contributed by atoms with Crippen molar-refractivity contribution in [3.8, 4) is 0 Å². The first-order chi connectivity index (χ1) is 11.6. The number of piperidine rings is 1. The van der Waals surface area contributed by atoms with E-state index >= 15 is 0 Å². The first-order valence-corrected chi connectivity index (χ1v) is 9.25. The van der Waals surface area contributed by atoms with Crippen molar-refractivity contribution >= 4 is 6.09 Å². The summed E-state index contributed by atoms with van der Waals surface area (Å²) in [4.78, 5) is 18.6. The van der Waals surface area contributed by atoms with Crippen LogP contribution in [-0.2, 0) is 4.74 Å². The zero-order valence-corrected chi connectivity index (χ0v) is 16.5. The van der Waals surface area contributed by atoms with Gasteiger partial charge in [0.05, 0.1) is 0 Å². The van der Waals surface area contributed by atoms with Crippen molar-refractivity contribution in [3.05, 3.63) is 28.6 Å². The molecular weight excluding hydrogens is 314 g/mol. The summed E-state index contributed by atoms with van der Waals surface area (Å²) in [6, 6.07) is 2.92. The third-order valence-corrected chi connectivity index (χ3v) is 5.31. The lowest BCUT2D eigenvalue weighted by atomic mass is 10.00. The topological polar surface area (TPSA) is 54.5 Å². The van der Waals surface area contributed by atoms with Gasteiger partial charge in [0.15, 0.2) is 0 Å². The number of hydrogen-bond acceptors (Lipinski definition) is 4. The van der Waals surface area contributed by atoms with Crippen LogP contribution in [0.5, 0.6) is 0 Å². The van der Waals surface area contributed by atoms with E-state index < -0.39 is 5.60 Å². The molecule has 1 aliphatic heterocycles. The molecular formula is C20H31N3O2. The molecule has 1 saturated heterocycles. The van der Waals surface area contributed by atoms with Gasteiger partial charge in [-0.3, -0.25) is 4.98 Å².